The lowest BCUT2D eigenvalue weighted by Gasteiger charge is -2.27. The van der Waals surface area contributed by atoms with Crippen LogP contribution >= 0.6 is 0 Å². The van der Waals surface area contributed by atoms with Gasteiger partial charge < -0.3 is 10.1 Å². The molecule has 2 aliphatic heterocycles. The van der Waals surface area contributed by atoms with Crippen molar-refractivity contribution < 1.29 is 14.4 Å². The maximum atomic E-state index is 11.7. The molecule has 0 atom stereocenters. The van der Waals surface area contributed by atoms with E-state index in [0.717, 1.165) is 38.8 Å². The molecule has 2 aliphatic rings. The molecule has 92 valence electrons. The Hall–Kier alpha value is -0.650. The molecule has 2 heterocycles. The Kier molecular flexibility index (Phi) is 4.56. The molecule has 0 saturated carbocycles. The molecule has 5 nitrogen and oxygen atoms in total. The zero-order chi connectivity index (χ0) is 11.2. The molecule has 1 amide bonds. The highest BCUT2D eigenvalue weighted by Gasteiger charge is 2.20. The number of ether oxygens (including phenoxy) is 1. The van der Waals surface area contributed by atoms with Gasteiger partial charge in [-0.2, -0.15) is 0 Å². The Balaban J connectivity index is 1.65. The minimum absolute atomic E-state index is 0.0433. The van der Waals surface area contributed by atoms with Crippen LogP contribution in [-0.2, 0) is 14.4 Å². The maximum Gasteiger partial charge on any atom is 0.272 e. The van der Waals surface area contributed by atoms with Crippen molar-refractivity contribution >= 4 is 5.91 Å². The quantitative estimate of drug-likeness (QED) is 0.755. The van der Waals surface area contributed by atoms with Crippen LogP contribution in [0.1, 0.15) is 25.7 Å². The van der Waals surface area contributed by atoms with E-state index >= 15 is 0 Å². The van der Waals surface area contributed by atoms with E-state index < -0.39 is 0 Å². The van der Waals surface area contributed by atoms with Crippen LogP contribution < -0.4 is 5.32 Å². The molecule has 2 saturated heterocycles. The summed E-state index contributed by atoms with van der Waals surface area (Å²) in [6, 6.07) is 0. The van der Waals surface area contributed by atoms with Crippen molar-refractivity contribution in [2.75, 3.05) is 32.8 Å². The van der Waals surface area contributed by atoms with Gasteiger partial charge in [0.15, 0.2) is 0 Å². The van der Waals surface area contributed by atoms with E-state index in [0.29, 0.717) is 13.2 Å². The van der Waals surface area contributed by atoms with Crippen molar-refractivity contribution in [3.05, 3.63) is 0 Å². The van der Waals surface area contributed by atoms with Crippen LogP contribution in [0.3, 0.4) is 0 Å². The summed E-state index contributed by atoms with van der Waals surface area (Å²) in [6.07, 6.45) is 4.29. The van der Waals surface area contributed by atoms with E-state index in [-0.39, 0.29) is 18.6 Å². The average Bonchev–Trinajstić information content (AvgIpc) is 2.38. The Morgan fingerprint density at radius 1 is 1.38 bits per heavy atom. The van der Waals surface area contributed by atoms with Crippen LogP contribution in [0.15, 0.2) is 0 Å². The van der Waals surface area contributed by atoms with Gasteiger partial charge in [-0.3, -0.25) is 9.63 Å². The third kappa shape index (κ3) is 3.43. The minimum Gasteiger partial charge on any atom is -0.368 e. The topological polar surface area (TPSA) is 50.8 Å². The minimum atomic E-state index is -0.0433. The molecule has 0 unspecified atom stereocenters. The Bertz CT molecular complexity index is 223. The summed E-state index contributed by atoms with van der Waals surface area (Å²) in [5, 5.41) is 4.71. The lowest BCUT2D eigenvalue weighted by Crippen LogP contribution is -2.40. The van der Waals surface area contributed by atoms with Crippen LogP contribution in [0.5, 0.6) is 0 Å². The molecule has 2 rings (SSSR count). The van der Waals surface area contributed by atoms with Crippen molar-refractivity contribution in [1.29, 1.82) is 0 Å². The summed E-state index contributed by atoms with van der Waals surface area (Å²) in [7, 11) is 0. The monoisotopic (exact) mass is 228 g/mol. The van der Waals surface area contributed by atoms with Gasteiger partial charge in [-0.15, -0.1) is 0 Å². The molecule has 5 heteroatoms. The second kappa shape index (κ2) is 6.18. The molecule has 0 spiro atoms. The van der Waals surface area contributed by atoms with Crippen LogP contribution in [0.4, 0.5) is 0 Å². The molecule has 0 bridgehead atoms. The van der Waals surface area contributed by atoms with E-state index in [1.54, 1.807) is 0 Å². The summed E-state index contributed by atoms with van der Waals surface area (Å²) < 4.78 is 5.59. The molecule has 0 aliphatic carbocycles. The highest BCUT2D eigenvalue weighted by atomic mass is 16.7. The van der Waals surface area contributed by atoms with Crippen molar-refractivity contribution in [3.63, 3.8) is 0 Å². The fraction of sp³-hybridized carbons (Fsp3) is 0.909. The predicted molar refractivity (Wildman–Crippen MR) is 58.7 cm³/mol. The zero-order valence-electron chi connectivity index (χ0n) is 9.61. The largest absolute Gasteiger partial charge is 0.368 e. The van der Waals surface area contributed by atoms with E-state index in [2.05, 4.69) is 5.32 Å². The fourth-order valence-corrected chi connectivity index (χ4v) is 2.02. The smallest absolute Gasteiger partial charge is 0.272 e. The van der Waals surface area contributed by atoms with E-state index in [1.807, 2.05) is 0 Å². The lowest BCUT2D eigenvalue weighted by molar-refractivity contribution is -0.202. The predicted octanol–water partition coefficient (Wildman–Crippen LogP) is 0.309. The van der Waals surface area contributed by atoms with Gasteiger partial charge in [-0.1, -0.05) is 0 Å². The maximum absolute atomic E-state index is 11.7. The number of carbonyl (C=O) groups is 1. The number of rotatable bonds is 3. The van der Waals surface area contributed by atoms with Gasteiger partial charge in [-0.25, -0.2) is 5.06 Å². The molecule has 16 heavy (non-hydrogen) atoms. The molecule has 0 aromatic rings. The number of nitrogens with one attached hydrogen (secondary N) is 1. The molecule has 1 N–H and O–H groups in total. The van der Waals surface area contributed by atoms with Gasteiger partial charge in [0.05, 0.1) is 12.7 Å². The Labute approximate surface area is 96.0 Å². The average molecular weight is 228 g/mol. The van der Waals surface area contributed by atoms with Gasteiger partial charge >= 0.3 is 0 Å². The van der Waals surface area contributed by atoms with Crippen molar-refractivity contribution in [1.82, 2.24) is 10.4 Å². The van der Waals surface area contributed by atoms with Crippen molar-refractivity contribution in [3.8, 4) is 0 Å². The van der Waals surface area contributed by atoms with Crippen LogP contribution in [0.25, 0.3) is 0 Å². The third-order valence-electron chi connectivity index (χ3n) is 3.01. The van der Waals surface area contributed by atoms with E-state index in [9.17, 15) is 4.79 Å². The SMILES string of the molecule is O=C(COC1CCNCC1)N1CCCCO1. The highest BCUT2D eigenvalue weighted by Crippen LogP contribution is 2.09. The number of piperidine rings is 1. The summed E-state index contributed by atoms with van der Waals surface area (Å²) in [5.74, 6) is -0.0433. The number of amides is 1. The van der Waals surface area contributed by atoms with Gasteiger partial charge in [0.2, 0.25) is 0 Å². The lowest BCUT2D eigenvalue weighted by atomic mass is 10.1. The van der Waals surface area contributed by atoms with Crippen molar-refractivity contribution in [2.24, 2.45) is 0 Å². The number of hydroxylamine groups is 2. The second-order valence-electron chi connectivity index (χ2n) is 4.30. The first-order chi connectivity index (χ1) is 7.86. The third-order valence-corrected chi connectivity index (χ3v) is 3.01. The first-order valence-electron chi connectivity index (χ1n) is 6.12. The van der Waals surface area contributed by atoms with Gasteiger partial charge in [0.25, 0.3) is 5.91 Å². The summed E-state index contributed by atoms with van der Waals surface area (Å²) in [5.41, 5.74) is 0. The summed E-state index contributed by atoms with van der Waals surface area (Å²) in [6.45, 7) is 3.48. The molecule has 0 radical (unpaired) electrons. The van der Waals surface area contributed by atoms with Gasteiger partial charge in [0.1, 0.15) is 6.61 Å². The summed E-state index contributed by atoms with van der Waals surface area (Å²) >= 11 is 0. The molecule has 2 fully saturated rings. The second-order valence-corrected chi connectivity index (χ2v) is 4.30. The van der Waals surface area contributed by atoms with Crippen molar-refractivity contribution in [2.45, 2.75) is 31.8 Å². The highest BCUT2D eigenvalue weighted by molar-refractivity contribution is 5.76. The molecule has 0 aromatic heterocycles. The Morgan fingerprint density at radius 3 is 2.88 bits per heavy atom. The molecular weight excluding hydrogens is 208 g/mol. The number of hydrogen-bond acceptors (Lipinski definition) is 4. The Morgan fingerprint density at radius 2 is 2.19 bits per heavy atom. The van der Waals surface area contributed by atoms with E-state index in [4.69, 9.17) is 9.57 Å². The van der Waals surface area contributed by atoms with Crippen LogP contribution in [-0.4, -0.2) is 49.9 Å². The first-order valence-corrected chi connectivity index (χ1v) is 6.12. The first kappa shape index (κ1) is 11.8. The zero-order valence-corrected chi connectivity index (χ0v) is 9.61. The standard InChI is InChI=1S/C11H20N2O3/c14-11(13-7-1-2-8-16-13)9-15-10-3-5-12-6-4-10/h10,12H,1-9H2. The van der Waals surface area contributed by atoms with Crippen LogP contribution in [0.2, 0.25) is 0 Å². The normalized spacial score (nSPS) is 23.4. The van der Waals surface area contributed by atoms with Crippen LogP contribution in [0, 0.1) is 0 Å². The molecule has 0 aromatic carbocycles. The van der Waals surface area contributed by atoms with Gasteiger partial charge in [-0.05, 0) is 38.8 Å². The molecular formula is C11H20N2O3. The number of carbonyl (C=O) groups excluding carboxylic acids is 1. The number of nitrogens with zero attached hydrogens (tertiary/aromatic N) is 1. The fourth-order valence-electron chi connectivity index (χ4n) is 2.02. The van der Waals surface area contributed by atoms with E-state index in [1.165, 1.54) is 5.06 Å². The summed E-state index contributed by atoms with van der Waals surface area (Å²) in [4.78, 5) is 17.0. The number of hydrogen-bond donors (Lipinski definition) is 1. The van der Waals surface area contributed by atoms with Gasteiger partial charge in [0, 0.05) is 6.54 Å².